The molecule has 3 heteroatoms. The van der Waals surface area contributed by atoms with Crippen molar-refractivity contribution >= 4 is 0 Å². The van der Waals surface area contributed by atoms with Gasteiger partial charge in [0.1, 0.15) is 0 Å². The van der Waals surface area contributed by atoms with Gasteiger partial charge in [-0.05, 0) is 45.1 Å². The van der Waals surface area contributed by atoms with Crippen LogP contribution in [0, 0.1) is 5.92 Å². The summed E-state index contributed by atoms with van der Waals surface area (Å²) in [6.07, 6.45) is 9.21. The number of hydrogen-bond donors (Lipinski definition) is 2. The van der Waals surface area contributed by atoms with E-state index >= 15 is 0 Å². The third kappa shape index (κ3) is 3.43. The van der Waals surface area contributed by atoms with Gasteiger partial charge < -0.3 is 10.4 Å². The summed E-state index contributed by atoms with van der Waals surface area (Å²) in [6, 6.07) is 1.55. The van der Waals surface area contributed by atoms with E-state index < -0.39 is 0 Å². The van der Waals surface area contributed by atoms with E-state index in [1.165, 1.54) is 45.1 Å². The zero-order valence-electron chi connectivity index (χ0n) is 11.2. The maximum absolute atomic E-state index is 9.01. The van der Waals surface area contributed by atoms with Crippen LogP contribution < -0.4 is 5.32 Å². The van der Waals surface area contributed by atoms with Gasteiger partial charge in [-0.3, -0.25) is 4.90 Å². The highest BCUT2D eigenvalue weighted by Gasteiger charge is 2.31. The first kappa shape index (κ1) is 13.3. The molecule has 0 aliphatic heterocycles. The molecule has 2 atom stereocenters. The first-order valence-electron chi connectivity index (χ1n) is 7.37. The Labute approximate surface area is 106 Å². The Kier molecular flexibility index (Phi) is 5.26. The van der Waals surface area contributed by atoms with Crippen molar-refractivity contribution in [2.45, 2.75) is 57.0 Å². The first-order chi connectivity index (χ1) is 8.35. The maximum Gasteiger partial charge on any atom is 0.0443 e. The quantitative estimate of drug-likeness (QED) is 0.710. The van der Waals surface area contributed by atoms with Crippen molar-refractivity contribution in [2.75, 3.05) is 26.7 Å². The minimum absolute atomic E-state index is 0.337. The van der Waals surface area contributed by atoms with Gasteiger partial charge in [-0.1, -0.05) is 12.8 Å². The molecule has 0 bridgehead atoms. The Bertz CT molecular complexity index is 218. The average molecular weight is 240 g/mol. The molecule has 17 heavy (non-hydrogen) atoms. The summed E-state index contributed by atoms with van der Waals surface area (Å²) in [5.74, 6) is 0.833. The molecule has 2 saturated carbocycles. The van der Waals surface area contributed by atoms with Crippen molar-refractivity contribution in [1.82, 2.24) is 10.2 Å². The standard InChI is InChI=1S/C14H28N2O/c1-15-14-8-2-5-12(14)11-16(9-4-10-17)13-6-3-7-13/h12-15,17H,2-11H2,1H3. The fraction of sp³-hybridized carbons (Fsp3) is 1.00. The van der Waals surface area contributed by atoms with E-state index in [2.05, 4.69) is 17.3 Å². The van der Waals surface area contributed by atoms with Crippen LogP contribution in [0.25, 0.3) is 0 Å². The Balaban J connectivity index is 1.82. The maximum atomic E-state index is 9.01. The Morgan fingerprint density at radius 1 is 1.18 bits per heavy atom. The summed E-state index contributed by atoms with van der Waals surface area (Å²) in [4.78, 5) is 2.65. The molecule has 0 radical (unpaired) electrons. The van der Waals surface area contributed by atoms with Crippen molar-refractivity contribution in [1.29, 1.82) is 0 Å². The molecular weight excluding hydrogens is 212 g/mol. The van der Waals surface area contributed by atoms with Gasteiger partial charge in [-0.2, -0.15) is 0 Å². The van der Waals surface area contributed by atoms with Gasteiger partial charge in [-0.25, -0.2) is 0 Å². The van der Waals surface area contributed by atoms with E-state index in [0.717, 1.165) is 31.0 Å². The predicted octanol–water partition coefficient (Wildman–Crippen LogP) is 1.61. The second-order valence-electron chi connectivity index (χ2n) is 5.74. The number of aliphatic hydroxyl groups is 1. The first-order valence-corrected chi connectivity index (χ1v) is 7.37. The van der Waals surface area contributed by atoms with Gasteiger partial charge in [0.05, 0.1) is 0 Å². The van der Waals surface area contributed by atoms with Crippen LogP contribution >= 0.6 is 0 Å². The van der Waals surface area contributed by atoms with E-state index in [-0.39, 0.29) is 0 Å². The second-order valence-corrected chi connectivity index (χ2v) is 5.74. The summed E-state index contributed by atoms with van der Waals surface area (Å²) < 4.78 is 0. The summed E-state index contributed by atoms with van der Waals surface area (Å²) in [5, 5.41) is 12.5. The van der Waals surface area contributed by atoms with Crippen molar-refractivity contribution in [3.63, 3.8) is 0 Å². The molecule has 0 aromatic carbocycles. The molecule has 3 nitrogen and oxygen atoms in total. The zero-order valence-corrected chi connectivity index (χ0v) is 11.2. The lowest BCUT2D eigenvalue weighted by atomic mass is 9.90. The molecule has 2 rings (SSSR count). The molecule has 2 aliphatic rings. The Morgan fingerprint density at radius 2 is 1.94 bits per heavy atom. The zero-order chi connectivity index (χ0) is 12.1. The Hall–Kier alpha value is -0.120. The molecule has 2 unspecified atom stereocenters. The summed E-state index contributed by atoms with van der Waals surface area (Å²) in [6.45, 7) is 2.67. The number of aliphatic hydroxyl groups excluding tert-OH is 1. The third-order valence-electron chi connectivity index (χ3n) is 4.69. The van der Waals surface area contributed by atoms with Crippen molar-refractivity contribution < 1.29 is 5.11 Å². The van der Waals surface area contributed by atoms with Crippen LogP contribution in [0.3, 0.4) is 0 Å². The smallest absolute Gasteiger partial charge is 0.0443 e. The van der Waals surface area contributed by atoms with E-state index in [0.29, 0.717) is 6.61 Å². The van der Waals surface area contributed by atoms with Gasteiger partial charge in [0.15, 0.2) is 0 Å². The van der Waals surface area contributed by atoms with E-state index in [4.69, 9.17) is 5.11 Å². The monoisotopic (exact) mass is 240 g/mol. The molecule has 2 fully saturated rings. The van der Waals surface area contributed by atoms with Crippen LogP contribution in [-0.2, 0) is 0 Å². The topological polar surface area (TPSA) is 35.5 Å². The fourth-order valence-corrected chi connectivity index (χ4v) is 3.39. The molecule has 0 spiro atoms. The lowest BCUT2D eigenvalue weighted by molar-refractivity contribution is 0.0942. The van der Waals surface area contributed by atoms with Crippen LogP contribution in [0.1, 0.15) is 44.9 Å². The van der Waals surface area contributed by atoms with Crippen LogP contribution in [0.15, 0.2) is 0 Å². The number of rotatable bonds is 7. The van der Waals surface area contributed by atoms with E-state index in [1.807, 2.05) is 0 Å². The minimum atomic E-state index is 0.337. The molecular formula is C14H28N2O. The van der Waals surface area contributed by atoms with Crippen molar-refractivity contribution in [3.8, 4) is 0 Å². The number of nitrogens with one attached hydrogen (secondary N) is 1. The lowest BCUT2D eigenvalue weighted by Gasteiger charge is -2.40. The molecule has 100 valence electrons. The van der Waals surface area contributed by atoms with Gasteiger partial charge in [0.25, 0.3) is 0 Å². The van der Waals surface area contributed by atoms with Crippen LogP contribution in [0.4, 0.5) is 0 Å². The highest BCUT2D eigenvalue weighted by atomic mass is 16.3. The molecule has 0 saturated heterocycles. The molecule has 2 aliphatic carbocycles. The summed E-state index contributed by atoms with van der Waals surface area (Å²) in [5.41, 5.74) is 0. The molecule has 2 N–H and O–H groups in total. The van der Waals surface area contributed by atoms with Gasteiger partial charge in [-0.15, -0.1) is 0 Å². The van der Waals surface area contributed by atoms with Crippen molar-refractivity contribution in [3.05, 3.63) is 0 Å². The van der Waals surface area contributed by atoms with Gasteiger partial charge in [0, 0.05) is 31.8 Å². The second kappa shape index (κ2) is 6.72. The largest absolute Gasteiger partial charge is 0.396 e. The highest BCUT2D eigenvalue weighted by molar-refractivity contribution is 4.88. The minimum Gasteiger partial charge on any atom is -0.396 e. The van der Waals surface area contributed by atoms with Crippen LogP contribution in [0.2, 0.25) is 0 Å². The number of nitrogens with zero attached hydrogens (tertiary/aromatic N) is 1. The predicted molar refractivity (Wildman–Crippen MR) is 71.1 cm³/mol. The van der Waals surface area contributed by atoms with Gasteiger partial charge in [0.2, 0.25) is 0 Å². The molecule has 0 heterocycles. The Morgan fingerprint density at radius 3 is 2.53 bits per heavy atom. The highest BCUT2D eigenvalue weighted by Crippen LogP contribution is 2.30. The lowest BCUT2D eigenvalue weighted by Crippen LogP contribution is -2.46. The summed E-state index contributed by atoms with van der Waals surface area (Å²) in [7, 11) is 2.10. The van der Waals surface area contributed by atoms with Gasteiger partial charge >= 0.3 is 0 Å². The van der Waals surface area contributed by atoms with Crippen LogP contribution in [0.5, 0.6) is 0 Å². The molecule has 0 aromatic rings. The van der Waals surface area contributed by atoms with E-state index in [9.17, 15) is 0 Å². The van der Waals surface area contributed by atoms with E-state index in [1.54, 1.807) is 0 Å². The SMILES string of the molecule is CNC1CCCC1CN(CCCO)C1CCC1. The van der Waals surface area contributed by atoms with Crippen molar-refractivity contribution in [2.24, 2.45) is 5.92 Å². The average Bonchev–Trinajstić information content (AvgIpc) is 2.70. The molecule has 0 amide bonds. The number of hydrogen-bond acceptors (Lipinski definition) is 3. The fourth-order valence-electron chi connectivity index (χ4n) is 3.39. The normalized spacial score (nSPS) is 29.8. The third-order valence-corrected chi connectivity index (χ3v) is 4.69. The summed E-state index contributed by atoms with van der Waals surface area (Å²) >= 11 is 0. The van der Waals surface area contributed by atoms with Crippen LogP contribution in [-0.4, -0.2) is 48.8 Å². The molecule has 0 aromatic heterocycles.